The molecular weight excluding hydrogens is 376 g/mol. The van der Waals surface area contributed by atoms with Crippen LogP contribution < -0.4 is 15.4 Å². The van der Waals surface area contributed by atoms with Crippen LogP contribution in [0.2, 0.25) is 0 Å². The van der Waals surface area contributed by atoms with Crippen molar-refractivity contribution in [3.63, 3.8) is 0 Å². The molecule has 0 aliphatic carbocycles. The SMILES string of the molecule is Cc1ccc(C)c(OCCCC(C)(C)C(=O)Nc2cccc(C(=O)NC(C)C)c2)c1. The molecule has 0 unspecified atom stereocenters. The molecule has 0 fully saturated rings. The van der Waals surface area contributed by atoms with Crippen LogP contribution in [0.3, 0.4) is 0 Å². The average molecular weight is 411 g/mol. The van der Waals surface area contributed by atoms with E-state index in [0.717, 1.165) is 17.7 Å². The Labute approximate surface area is 180 Å². The van der Waals surface area contributed by atoms with Gasteiger partial charge >= 0.3 is 0 Å². The lowest BCUT2D eigenvalue weighted by Crippen LogP contribution is -2.32. The first-order valence-electron chi connectivity index (χ1n) is 10.5. The predicted molar refractivity (Wildman–Crippen MR) is 122 cm³/mol. The average Bonchev–Trinajstić information content (AvgIpc) is 2.67. The Morgan fingerprint density at radius 2 is 1.80 bits per heavy atom. The molecule has 5 heteroatoms. The number of aryl methyl sites for hydroxylation is 2. The van der Waals surface area contributed by atoms with Gasteiger partial charge in [0, 0.05) is 22.7 Å². The molecule has 0 bridgehead atoms. The van der Waals surface area contributed by atoms with Gasteiger partial charge in [-0.15, -0.1) is 0 Å². The molecule has 0 spiro atoms. The number of hydrogen-bond donors (Lipinski definition) is 2. The fourth-order valence-corrected chi connectivity index (χ4v) is 3.06. The number of ether oxygens (including phenoxy) is 1. The van der Waals surface area contributed by atoms with Crippen LogP contribution in [0.5, 0.6) is 5.75 Å². The van der Waals surface area contributed by atoms with Gasteiger partial charge in [0.1, 0.15) is 5.75 Å². The zero-order chi connectivity index (χ0) is 22.3. The Bertz CT molecular complexity index is 888. The van der Waals surface area contributed by atoms with E-state index in [1.165, 1.54) is 5.56 Å². The van der Waals surface area contributed by atoms with E-state index in [4.69, 9.17) is 4.74 Å². The molecule has 0 heterocycles. The van der Waals surface area contributed by atoms with Crippen molar-refractivity contribution < 1.29 is 14.3 Å². The molecule has 2 rings (SSSR count). The fraction of sp³-hybridized carbons (Fsp3) is 0.440. The summed E-state index contributed by atoms with van der Waals surface area (Å²) in [7, 11) is 0. The standard InChI is InChI=1S/C25H34N2O3/c1-17(2)26-23(28)20-9-7-10-21(16-20)27-24(29)25(5,6)13-8-14-30-22-15-18(3)11-12-19(22)4/h7,9-12,15-17H,8,13-14H2,1-6H3,(H,26,28)(H,27,29). The highest BCUT2D eigenvalue weighted by molar-refractivity contribution is 5.98. The number of anilines is 1. The van der Waals surface area contributed by atoms with Crippen molar-refractivity contribution in [2.24, 2.45) is 5.41 Å². The normalized spacial score (nSPS) is 11.3. The summed E-state index contributed by atoms with van der Waals surface area (Å²) < 4.78 is 5.91. The molecule has 30 heavy (non-hydrogen) atoms. The number of hydrogen-bond acceptors (Lipinski definition) is 3. The summed E-state index contributed by atoms with van der Waals surface area (Å²) >= 11 is 0. The third-order valence-corrected chi connectivity index (χ3v) is 4.96. The van der Waals surface area contributed by atoms with E-state index in [2.05, 4.69) is 22.8 Å². The zero-order valence-electron chi connectivity index (χ0n) is 19.0. The van der Waals surface area contributed by atoms with Crippen molar-refractivity contribution in [2.75, 3.05) is 11.9 Å². The maximum atomic E-state index is 12.8. The molecule has 5 nitrogen and oxygen atoms in total. The maximum absolute atomic E-state index is 12.8. The molecular formula is C25H34N2O3. The van der Waals surface area contributed by atoms with Crippen molar-refractivity contribution in [2.45, 2.75) is 60.4 Å². The summed E-state index contributed by atoms with van der Waals surface area (Å²) in [4.78, 5) is 25.0. The van der Waals surface area contributed by atoms with Gasteiger partial charge in [0.2, 0.25) is 5.91 Å². The topological polar surface area (TPSA) is 67.4 Å². The Kier molecular flexibility index (Phi) is 8.04. The minimum Gasteiger partial charge on any atom is -0.493 e. The lowest BCUT2D eigenvalue weighted by molar-refractivity contribution is -0.124. The van der Waals surface area contributed by atoms with E-state index < -0.39 is 5.41 Å². The van der Waals surface area contributed by atoms with Gasteiger partial charge in [-0.25, -0.2) is 0 Å². The van der Waals surface area contributed by atoms with Gasteiger partial charge in [0.15, 0.2) is 0 Å². The van der Waals surface area contributed by atoms with Crippen LogP contribution in [0.4, 0.5) is 5.69 Å². The second-order valence-electron chi connectivity index (χ2n) is 8.77. The van der Waals surface area contributed by atoms with Crippen LogP contribution in [0, 0.1) is 19.3 Å². The minimum atomic E-state index is -0.554. The summed E-state index contributed by atoms with van der Waals surface area (Å²) in [6, 6.07) is 13.2. The van der Waals surface area contributed by atoms with Gasteiger partial charge < -0.3 is 15.4 Å². The van der Waals surface area contributed by atoms with Crippen LogP contribution in [0.1, 0.15) is 62.0 Å². The highest BCUT2D eigenvalue weighted by atomic mass is 16.5. The smallest absolute Gasteiger partial charge is 0.251 e. The van der Waals surface area contributed by atoms with Crippen molar-refractivity contribution in [3.8, 4) is 5.75 Å². The van der Waals surface area contributed by atoms with Gasteiger partial charge in [-0.1, -0.05) is 32.0 Å². The Morgan fingerprint density at radius 1 is 1.07 bits per heavy atom. The third kappa shape index (κ3) is 6.90. The molecule has 0 aliphatic rings. The summed E-state index contributed by atoms with van der Waals surface area (Å²) in [5.74, 6) is 0.674. The Hall–Kier alpha value is -2.82. The van der Waals surface area contributed by atoms with Crippen molar-refractivity contribution in [1.29, 1.82) is 0 Å². The van der Waals surface area contributed by atoms with Crippen molar-refractivity contribution in [3.05, 3.63) is 59.2 Å². The van der Waals surface area contributed by atoms with Gasteiger partial charge in [0.25, 0.3) is 5.91 Å². The van der Waals surface area contributed by atoms with Crippen LogP contribution in [0.25, 0.3) is 0 Å². The molecule has 0 saturated heterocycles. The number of rotatable bonds is 9. The molecule has 0 radical (unpaired) electrons. The van der Waals surface area contributed by atoms with Crippen LogP contribution in [-0.2, 0) is 4.79 Å². The van der Waals surface area contributed by atoms with Gasteiger partial charge in [-0.2, -0.15) is 0 Å². The van der Waals surface area contributed by atoms with E-state index in [-0.39, 0.29) is 17.9 Å². The summed E-state index contributed by atoms with van der Waals surface area (Å²) in [6.07, 6.45) is 1.46. The van der Waals surface area contributed by atoms with Crippen molar-refractivity contribution >= 4 is 17.5 Å². The van der Waals surface area contributed by atoms with E-state index in [1.54, 1.807) is 24.3 Å². The second-order valence-corrected chi connectivity index (χ2v) is 8.77. The Balaban J connectivity index is 1.89. The number of carbonyl (C=O) groups excluding carboxylic acids is 2. The lowest BCUT2D eigenvalue weighted by Gasteiger charge is -2.24. The number of carbonyl (C=O) groups is 2. The second kappa shape index (κ2) is 10.3. The van der Waals surface area contributed by atoms with Crippen LogP contribution in [-0.4, -0.2) is 24.5 Å². The zero-order valence-corrected chi connectivity index (χ0v) is 19.0. The molecule has 0 saturated carbocycles. The lowest BCUT2D eigenvalue weighted by atomic mass is 9.87. The van der Waals surface area contributed by atoms with E-state index in [9.17, 15) is 9.59 Å². The minimum absolute atomic E-state index is 0.0560. The third-order valence-electron chi connectivity index (χ3n) is 4.96. The number of nitrogens with one attached hydrogen (secondary N) is 2. The fourth-order valence-electron chi connectivity index (χ4n) is 3.06. The molecule has 2 aromatic rings. The molecule has 2 N–H and O–H groups in total. The van der Waals surface area contributed by atoms with E-state index in [0.29, 0.717) is 24.3 Å². The molecule has 2 amide bonds. The first-order chi connectivity index (χ1) is 14.1. The van der Waals surface area contributed by atoms with Gasteiger partial charge in [-0.05, 0) is 75.9 Å². The first kappa shape index (κ1) is 23.5. The predicted octanol–water partition coefficient (Wildman–Crippen LogP) is 5.27. The number of benzene rings is 2. The summed E-state index contributed by atoms with van der Waals surface area (Å²) in [5, 5.41) is 5.81. The van der Waals surface area contributed by atoms with Gasteiger partial charge in [-0.3, -0.25) is 9.59 Å². The van der Waals surface area contributed by atoms with Crippen LogP contribution in [0.15, 0.2) is 42.5 Å². The molecule has 162 valence electrons. The molecule has 0 aliphatic heterocycles. The van der Waals surface area contributed by atoms with Crippen molar-refractivity contribution in [1.82, 2.24) is 5.32 Å². The maximum Gasteiger partial charge on any atom is 0.251 e. The van der Waals surface area contributed by atoms with Crippen LogP contribution >= 0.6 is 0 Å². The number of amides is 2. The molecule has 0 aromatic heterocycles. The summed E-state index contributed by atoms with van der Waals surface area (Å²) in [5.41, 5.74) is 2.87. The highest BCUT2D eigenvalue weighted by Crippen LogP contribution is 2.26. The molecule has 2 aromatic carbocycles. The first-order valence-corrected chi connectivity index (χ1v) is 10.5. The van der Waals surface area contributed by atoms with E-state index in [1.807, 2.05) is 47.6 Å². The largest absolute Gasteiger partial charge is 0.493 e. The van der Waals surface area contributed by atoms with E-state index >= 15 is 0 Å². The quantitative estimate of drug-likeness (QED) is 0.554. The monoisotopic (exact) mass is 410 g/mol. The summed E-state index contributed by atoms with van der Waals surface area (Å²) in [6.45, 7) is 12.3. The molecule has 0 atom stereocenters. The van der Waals surface area contributed by atoms with Gasteiger partial charge in [0.05, 0.1) is 6.61 Å². The highest BCUT2D eigenvalue weighted by Gasteiger charge is 2.27. The Morgan fingerprint density at radius 3 is 2.50 bits per heavy atom.